The van der Waals surface area contributed by atoms with Crippen LogP contribution >= 0.6 is 12.2 Å². The number of hydrogen-bond acceptors (Lipinski definition) is 3. The van der Waals surface area contributed by atoms with Gasteiger partial charge < -0.3 is 20.7 Å². The van der Waals surface area contributed by atoms with Crippen molar-refractivity contribution in [2.24, 2.45) is 0 Å². The SMILES string of the molecule is CCOc1ccccc1NC(=O)C1=C(C)NC(=S)N[C@@H]1c1ccccc1C. The number of carbonyl (C=O) groups excluding carboxylic acids is 1. The standard InChI is InChI=1S/C21H23N3O2S/c1-4-26-17-12-8-7-11-16(17)23-20(25)18-14(3)22-21(27)24-19(18)15-10-6-5-9-13(15)2/h5-12,19H,4H2,1-3H3,(H,23,25)(H2,22,24,27)/t19-/m1/s1. The average molecular weight is 382 g/mol. The van der Waals surface area contributed by atoms with Crippen molar-refractivity contribution in [3.63, 3.8) is 0 Å². The maximum absolute atomic E-state index is 13.2. The first-order valence-electron chi connectivity index (χ1n) is 8.88. The quantitative estimate of drug-likeness (QED) is 0.687. The summed E-state index contributed by atoms with van der Waals surface area (Å²) in [4.78, 5) is 13.2. The van der Waals surface area contributed by atoms with Gasteiger partial charge in [0.25, 0.3) is 5.91 Å². The summed E-state index contributed by atoms with van der Waals surface area (Å²) in [5.41, 5.74) is 4.08. The van der Waals surface area contributed by atoms with Gasteiger partial charge in [-0.25, -0.2) is 0 Å². The zero-order valence-electron chi connectivity index (χ0n) is 15.6. The fraction of sp³-hybridized carbons (Fsp3) is 0.238. The number of rotatable bonds is 5. The van der Waals surface area contributed by atoms with Gasteiger partial charge in [-0.3, -0.25) is 4.79 Å². The van der Waals surface area contributed by atoms with E-state index in [1.807, 2.05) is 69.3 Å². The second-order valence-corrected chi connectivity index (χ2v) is 6.72. The van der Waals surface area contributed by atoms with E-state index in [1.165, 1.54) is 0 Å². The number of amides is 1. The molecular formula is C21H23N3O2S. The van der Waals surface area contributed by atoms with Gasteiger partial charge in [-0.05, 0) is 56.2 Å². The number of allylic oxidation sites excluding steroid dienone is 1. The number of benzene rings is 2. The molecule has 0 saturated carbocycles. The molecule has 0 bridgehead atoms. The van der Waals surface area contributed by atoms with Crippen LogP contribution in [0.1, 0.15) is 31.0 Å². The molecule has 0 spiro atoms. The van der Waals surface area contributed by atoms with Crippen molar-refractivity contribution in [2.45, 2.75) is 26.8 Å². The number of carbonyl (C=O) groups is 1. The summed E-state index contributed by atoms with van der Waals surface area (Å²) in [5, 5.41) is 9.78. The number of ether oxygens (including phenoxy) is 1. The van der Waals surface area contributed by atoms with Gasteiger partial charge in [0.2, 0.25) is 0 Å². The first-order chi connectivity index (χ1) is 13.0. The summed E-state index contributed by atoms with van der Waals surface area (Å²) >= 11 is 5.32. The van der Waals surface area contributed by atoms with Crippen molar-refractivity contribution >= 4 is 28.9 Å². The van der Waals surface area contributed by atoms with E-state index in [-0.39, 0.29) is 11.9 Å². The van der Waals surface area contributed by atoms with Gasteiger partial charge in [0.05, 0.1) is 23.9 Å². The fourth-order valence-corrected chi connectivity index (χ4v) is 3.45. The molecule has 0 unspecified atom stereocenters. The van der Waals surface area contributed by atoms with Crippen molar-refractivity contribution in [3.8, 4) is 5.75 Å². The minimum Gasteiger partial charge on any atom is -0.492 e. The molecule has 1 aliphatic heterocycles. The van der Waals surface area contributed by atoms with Crippen LogP contribution in [0.5, 0.6) is 5.75 Å². The number of hydrogen-bond donors (Lipinski definition) is 3. The van der Waals surface area contributed by atoms with Gasteiger partial charge in [0.1, 0.15) is 5.75 Å². The summed E-state index contributed by atoms with van der Waals surface area (Å²) in [7, 11) is 0. The van der Waals surface area contributed by atoms with Crippen LogP contribution in [0.3, 0.4) is 0 Å². The zero-order valence-corrected chi connectivity index (χ0v) is 16.4. The average Bonchev–Trinajstić information content (AvgIpc) is 2.63. The van der Waals surface area contributed by atoms with Crippen LogP contribution in [0.15, 0.2) is 59.8 Å². The number of para-hydroxylation sites is 2. The third kappa shape index (κ3) is 4.11. The Morgan fingerprint density at radius 2 is 1.85 bits per heavy atom. The molecule has 1 aliphatic rings. The lowest BCUT2D eigenvalue weighted by molar-refractivity contribution is -0.113. The highest BCUT2D eigenvalue weighted by atomic mass is 32.1. The molecule has 2 aromatic carbocycles. The first kappa shape index (κ1) is 18.9. The highest BCUT2D eigenvalue weighted by molar-refractivity contribution is 7.80. The Labute approximate surface area is 164 Å². The van der Waals surface area contributed by atoms with Crippen LogP contribution in [0.2, 0.25) is 0 Å². The predicted octanol–water partition coefficient (Wildman–Crippen LogP) is 3.83. The van der Waals surface area contributed by atoms with E-state index in [1.54, 1.807) is 0 Å². The summed E-state index contributed by atoms with van der Waals surface area (Å²) < 4.78 is 5.62. The van der Waals surface area contributed by atoms with Crippen LogP contribution in [0, 0.1) is 6.92 Å². The van der Waals surface area contributed by atoms with Gasteiger partial charge in [0.15, 0.2) is 5.11 Å². The van der Waals surface area contributed by atoms with E-state index >= 15 is 0 Å². The Kier molecular flexibility index (Phi) is 5.76. The highest BCUT2D eigenvalue weighted by Gasteiger charge is 2.31. The van der Waals surface area contributed by atoms with E-state index < -0.39 is 0 Å². The Morgan fingerprint density at radius 1 is 1.15 bits per heavy atom. The Hall–Kier alpha value is -2.86. The molecule has 27 heavy (non-hydrogen) atoms. The molecule has 0 fully saturated rings. The van der Waals surface area contributed by atoms with Crippen LogP contribution in [0.4, 0.5) is 5.69 Å². The minimum absolute atomic E-state index is 0.199. The molecule has 0 aromatic heterocycles. The molecule has 0 radical (unpaired) electrons. The number of aryl methyl sites for hydroxylation is 1. The minimum atomic E-state index is -0.320. The van der Waals surface area contributed by atoms with E-state index in [9.17, 15) is 4.79 Å². The van der Waals surface area contributed by atoms with Crippen LogP contribution in [0.25, 0.3) is 0 Å². The van der Waals surface area contributed by atoms with Crippen molar-refractivity contribution in [1.29, 1.82) is 0 Å². The Balaban J connectivity index is 1.97. The molecule has 5 nitrogen and oxygen atoms in total. The summed E-state index contributed by atoms with van der Waals surface area (Å²) in [6.45, 7) is 6.33. The highest BCUT2D eigenvalue weighted by Crippen LogP contribution is 2.31. The summed E-state index contributed by atoms with van der Waals surface area (Å²) in [5.74, 6) is 0.446. The maximum atomic E-state index is 13.2. The van der Waals surface area contributed by atoms with Gasteiger partial charge in [0, 0.05) is 5.70 Å². The van der Waals surface area contributed by atoms with Crippen molar-refractivity contribution in [3.05, 3.63) is 70.9 Å². The van der Waals surface area contributed by atoms with Crippen LogP contribution < -0.4 is 20.7 Å². The van der Waals surface area contributed by atoms with E-state index in [0.29, 0.717) is 28.7 Å². The monoisotopic (exact) mass is 381 g/mol. The topological polar surface area (TPSA) is 62.4 Å². The second kappa shape index (κ2) is 8.22. The van der Waals surface area contributed by atoms with E-state index in [2.05, 4.69) is 16.0 Å². The second-order valence-electron chi connectivity index (χ2n) is 6.31. The van der Waals surface area contributed by atoms with Crippen molar-refractivity contribution in [1.82, 2.24) is 10.6 Å². The normalized spacial score (nSPS) is 16.4. The molecule has 3 rings (SSSR count). The van der Waals surface area contributed by atoms with Gasteiger partial charge in [-0.1, -0.05) is 36.4 Å². The molecule has 1 atom stereocenters. The third-order valence-electron chi connectivity index (χ3n) is 4.45. The molecular weight excluding hydrogens is 358 g/mol. The molecule has 3 N–H and O–H groups in total. The number of thiocarbonyl (C=S) groups is 1. The van der Waals surface area contributed by atoms with Gasteiger partial charge >= 0.3 is 0 Å². The Morgan fingerprint density at radius 3 is 2.59 bits per heavy atom. The van der Waals surface area contributed by atoms with Crippen molar-refractivity contribution < 1.29 is 9.53 Å². The lowest BCUT2D eigenvalue weighted by Crippen LogP contribution is -2.46. The first-order valence-corrected chi connectivity index (χ1v) is 9.29. The van der Waals surface area contributed by atoms with Crippen LogP contribution in [-0.4, -0.2) is 17.6 Å². The fourth-order valence-electron chi connectivity index (χ4n) is 3.18. The predicted molar refractivity (Wildman–Crippen MR) is 112 cm³/mol. The molecule has 140 valence electrons. The van der Waals surface area contributed by atoms with Gasteiger partial charge in [-0.15, -0.1) is 0 Å². The molecule has 1 amide bonds. The zero-order chi connectivity index (χ0) is 19.4. The third-order valence-corrected chi connectivity index (χ3v) is 4.67. The summed E-state index contributed by atoms with van der Waals surface area (Å²) in [6, 6.07) is 15.1. The Bertz CT molecular complexity index is 908. The largest absolute Gasteiger partial charge is 0.492 e. The molecule has 2 aromatic rings. The van der Waals surface area contributed by atoms with E-state index in [4.69, 9.17) is 17.0 Å². The van der Waals surface area contributed by atoms with E-state index in [0.717, 1.165) is 16.8 Å². The smallest absolute Gasteiger partial charge is 0.255 e. The molecule has 0 aliphatic carbocycles. The molecule has 6 heteroatoms. The maximum Gasteiger partial charge on any atom is 0.255 e. The summed E-state index contributed by atoms with van der Waals surface area (Å²) in [6.07, 6.45) is 0. The van der Waals surface area contributed by atoms with Crippen LogP contribution in [-0.2, 0) is 4.79 Å². The number of anilines is 1. The molecule has 1 heterocycles. The van der Waals surface area contributed by atoms with Crippen molar-refractivity contribution in [2.75, 3.05) is 11.9 Å². The van der Waals surface area contributed by atoms with Gasteiger partial charge in [-0.2, -0.15) is 0 Å². The number of nitrogens with one attached hydrogen (secondary N) is 3. The lowest BCUT2D eigenvalue weighted by atomic mass is 9.92. The molecule has 0 saturated heterocycles. The lowest BCUT2D eigenvalue weighted by Gasteiger charge is -2.31.